The summed E-state index contributed by atoms with van der Waals surface area (Å²) in [7, 11) is 0. The number of thioether (sulfide) groups is 1. The molecule has 1 amide bonds. The second-order valence-electron chi connectivity index (χ2n) is 7.07. The number of nitrogens with zero attached hydrogens (tertiary/aromatic N) is 4. The summed E-state index contributed by atoms with van der Waals surface area (Å²) in [6, 6.07) is 29.0. The SMILES string of the molecule is O=C(Nc1ccccc1)C(Sc1ncnc2c1cnn2-c1ccccc1)c1ccccc1. The minimum Gasteiger partial charge on any atom is -0.325 e. The van der Waals surface area contributed by atoms with Gasteiger partial charge in [-0.3, -0.25) is 4.79 Å². The Balaban J connectivity index is 1.51. The Hall–Kier alpha value is -3.97. The lowest BCUT2D eigenvalue weighted by Crippen LogP contribution is -2.19. The van der Waals surface area contributed by atoms with Crippen LogP contribution in [-0.2, 0) is 4.79 Å². The zero-order chi connectivity index (χ0) is 21.8. The number of carbonyl (C=O) groups is 1. The van der Waals surface area contributed by atoms with Crippen LogP contribution in [0.4, 0.5) is 5.69 Å². The number of rotatable bonds is 6. The molecule has 0 saturated carbocycles. The van der Waals surface area contributed by atoms with Crippen molar-refractivity contribution in [3.63, 3.8) is 0 Å². The molecular weight excluding hydrogens is 418 g/mol. The Bertz CT molecular complexity index is 1340. The van der Waals surface area contributed by atoms with Gasteiger partial charge in [0.1, 0.15) is 16.6 Å². The van der Waals surface area contributed by atoms with Gasteiger partial charge in [-0.2, -0.15) is 5.10 Å². The highest BCUT2D eigenvalue weighted by molar-refractivity contribution is 8.00. The first kappa shape index (κ1) is 20.0. The Labute approximate surface area is 189 Å². The van der Waals surface area contributed by atoms with E-state index < -0.39 is 5.25 Å². The van der Waals surface area contributed by atoms with E-state index in [0.717, 1.165) is 22.3 Å². The van der Waals surface area contributed by atoms with Crippen LogP contribution in [0, 0.1) is 0 Å². The van der Waals surface area contributed by atoms with E-state index in [-0.39, 0.29) is 5.91 Å². The number of para-hydroxylation sites is 2. The number of carbonyl (C=O) groups excluding carboxylic acids is 1. The average molecular weight is 438 g/mol. The smallest absolute Gasteiger partial charge is 0.242 e. The summed E-state index contributed by atoms with van der Waals surface area (Å²) in [6.07, 6.45) is 3.27. The highest BCUT2D eigenvalue weighted by Gasteiger charge is 2.24. The van der Waals surface area contributed by atoms with Crippen molar-refractivity contribution in [2.24, 2.45) is 0 Å². The first-order valence-corrected chi connectivity index (χ1v) is 11.0. The maximum Gasteiger partial charge on any atom is 0.242 e. The van der Waals surface area contributed by atoms with Crippen molar-refractivity contribution < 1.29 is 4.79 Å². The number of hydrogen-bond donors (Lipinski definition) is 1. The lowest BCUT2D eigenvalue weighted by atomic mass is 10.1. The predicted molar refractivity (Wildman–Crippen MR) is 127 cm³/mol. The summed E-state index contributed by atoms with van der Waals surface area (Å²) < 4.78 is 1.78. The van der Waals surface area contributed by atoms with Gasteiger partial charge in [0.05, 0.1) is 17.3 Å². The third-order valence-corrected chi connectivity index (χ3v) is 6.21. The van der Waals surface area contributed by atoms with Crippen molar-refractivity contribution in [2.45, 2.75) is 10.3 Å². The summed E-state index contributed by atoms with van der Waals surface area (Å²) in [5.74, 6) is -0.116. The van der Waals surface area contributed by atoms with Crippen molar-refractivity contribution in [3.05, 3.63) is 109 Å². The molecule has 0 aliphatic rings. The average Bonchev–Trinajstić information content (AvgIpc) is 3.29. The van der Waals surface area contributed by atoms with E-state index >= 15 is 0 Å². The van der Waals surface area contributed by atoms with Crippen molar-refractivity contribution >= 4 is 34.4 Å². The second kappa shape index (κ2) is 9.03. The Morgan fingerprint density at radius 1 is 0.844 bits per heavy atom. The van der Waals surface area contributed by atoms with Crippen LogP contribution in [-0.4, -0.2) is 25.7 Å². The lowest BCUT2D eigenvalue weighted by molar-refractivity contribution is -0.115. The molecule has 0 aliphatic carbocycles. The van der Waals surface area contributed by atoms with Gasteiger partial charge in [0, 0.05) is 5.69 Å². The Kier molecular flexibility index (Phi) is 5.63. The molecule has 0 saturated heterocycles. The van der Waals surface area contributed by atoms with E-state index in [1.54, 1.807) is 10.9 Å². The van der Waals surface area contributed by atoms with Crippen LogP contribution in [0.15, 0.2) is 109 Å². The molecule has 1 atom stereocenters. The number of aromatic nitrogens is 4. The van der Waals surface area contributed by atoms with Crippen LogP contribution in [0.5, 0.6) is 0 Å². The minimum atomic E-state index is -0.491. The number of fused-ring (bicyclic) bond motifs is 1. The molecule has 0 spiro atoms. The van der Waals surface area contributed by atoms with Crippen LogP contribution in [0.3, 0.4) is 0 Å². The third-order valence-electron chi connectivity index (χ3n) is 4.94. The quantitative estimate of drug-likeness (QED) is 0.289. The van der Waals surface area contributed by atoms with Crippen molar-refractivity contribution in [1.82, 2.24) is 19.7 Å². The van der Waals surface area contributed by atoms with Gasteiger partial charge in [0.15, 0.2) is 5.65 Å². The first-order chi connectivity index (χ1) is 15.8. The summed E-state index contributed by atoms with van der Waals surface area (Å²) in [5.41, 5.74) is 3.26. The molecule has 2 heterocycles. The number of amides is 1. The van der Waals surface area contributed by atoms with E-state index in [2.05, 4.69) is 20.4 Å². The van der Waals surface area contributed by atoms with Crippen molar-refractivity contribution in [2.75, 3.05) is 5.32 Å². The molecule has 3 aromatic carbocycles. The van der Waals surface area contributed by atoms with E-state index in [1.807, 2.05) is 91.0 Å². The Morgan fingerprint density at radius 2 is 1.50 bits per heavy atom. The molecular formula is C25H19N5OS. The maximum absolute atomic E-state index is 13.3. The van der Waals surface area contributed by atoms with Crippen LogP contribution >= 0.6 is 11.8 Å². The van der Waals surface area contributed by atoms with Gasteiger partial charge >= 0.3 is 0 Å². The largest absolute Gasteiger partial charge is 0.325 e. The maximum atomic E-state index is 13.3. The first-order valence-electron chi connectivity index (χ1n) is 10.1. The molecule has 0 bridgehead atoms. The molecule has 156 valence electrons. The normalized spacial score (nSPS) is 11.9. The molecule has 7 heteroatoms. The fourth-order valence-corrected chi connectivity index (χ4v) is 4.48. The fourth-order valence-electron chi connectivity index (χ4n) is 3.42. The van der Waals surface area contributed by atoms with Gasteiger partial charge in [-0.15, -0.1) is 0 Å². The van der Waals surface area contributed by atoms with E-state index in [9.17, 15) is 4.79 Å². The second-order valence-corrected chi connectivity index (χ2v) is 8.17. The number of anilines is 1. The minimum absolute atomic E-state index is 0.116. The number of hydrogen-bond acceptors (Lipinski definition) is 5. The van der Waals surface area contributed by atoms with E-state index in [1.165, 1.54) is 18.1 Å². The highest BCUT2D eigenvalue weighted by Crippen LogP contribution is 2.38. The molecule has 5 aromatic rings. The van der Waals surface area contributed by atoms with Gasteiger partial charge in [-0.25, -0.2) is 14.6 Å². The molecule has 0 fully saturated rings. The zero-order valence-corrected chi connectivity index (χ0v) is 17.8. The fraction of sp³-hybridized carbons (Fsp3) is 0.0400. The number of nitrogens with one attached hydrogen (secondary N) is 1. The molecule has 1 unspecified atom stereocenters. The summed E-state index contributed by atoms with van der Waals surface area (Å²) in [4.78, 5) is 22.2. The van der Waals surface area contributed by atoms with Gasteiger partial charge in [0.2, 0.25) is 5.91 Å². The zero-order valence-electron chi connectivity index (χ0n) is 17.0. The molecule has 6 nitrogen and oxygen atoms in total. The Morgan fingerprint density at radius 3 is 2.22 bits per heavy atom. The summed E-state index contributed by atoms with van der Waals surface area (Å²) in [6.45, 7) is 0. The number of benzene rings is 3. The van der Waals surface area contributed by atoms with Gasteiger partial charge in [-0.1, -0.05) is 78.5 Å². The lowest BCUT2D eigenvalue weighted by Gasteiger charge is -2.17. The predicted octanol–water partition coefficient (Wildman–Crippen LogP) is 5.29. The molecule has 32 heavy (non-hydrogen) atoms. The van der Waals surface area contributed by atoms with Crippen LogP contribution < -0.4 is 5.32 Å². The molecule has 2 aromatic heterocycles. The van der Waals surface area contributed by atoms with Gasteiger partial charge in [0.25, 0.3) is 0 Å². The third kappa shape index (κ3) is 4.10. The highest BCUT2D eigenvalue weighted by atomic mass is 32.2. The summed E-state index contributed by atoms with van der Waals surface area (Å²) in [5, 5.41) is 8.55. The van der Waals surface area contributed by atoms with Gasteiger partial charge in [-0.05, 0) is 29.8 Å². The molecule has 0 aliphatic heterocycles. The van der Waals surface area contributed by atoms with Crippen molar-refractivity contribution in [3.8, 4) is 5.69 Å². The van der Waals surface area contributed by atoms with E-state index in [0.29, 0.717) is 10.7 Å². The van der Waals surface area contributed by atoms with Crippen LogP contribution in [0.2, 0.25) is 0 Å². The monoisotopic (exact) mass is 437 g/mol. The standard InChI is InChI=1S/C25H19N5OS/c31-24(29-19-12-6-2-7-13-19)22(18-10-4-1-5-11-18)32-25-21-16-28-30(23(21)26-17-27-25)20-14-8-3-9-15-20/h1-17,22H,(H,29,31). The topological polar surface area (TPSA) is 72.7 Å². The van der Waals surface area contributed by atoms with Crippen LogP contribution in [0.25, 0.3) is 16.7 Å². The van der Waals surface area contributed by atoms with Gasteiger partial charge < -0.3 is 5.32 Å². The molecule has 5 rings (SSSR count). The van der Waals surface area contributed by atoms with Crippen molar-refractivity contribution in [1.29, 1.82) is 0 Å². The van der Waals surface area contributed by atoms with E-state index in [4.69, 9.17) is 0 Å². The molecule has 1 N–H and O–H groups in total. The van der Waals surface area contributed by atoms with Crippen LogP contribution in [0.1, 0.15) is 10.8 Å². The summed E-state index contributed by atoms with van der Waals surface area (Å²) >= 11 is 1.39. The molecule has 0 radical (unpaired) electrons.